The summed E-state index contributed by atoms with van der Waals surface area (Å²) in [5.74, 6) is 0. The molecule has 1 aliphatic heterocycles. The molecule has 1 unspecified atom stereocenters. The van der Waals surface area contributed by atoms with E-state index in [9.17, 15) is 0 Å². The Kier molecular flexibility index (Phi) is 2.66. The zero-order valence-electron chi connectivity index (χ0n) is 7.79. The number of hydrogen-bond donors (Lipinski definition) is 0. The second-order valence-corrected chi connectivity index (χ2v) is 3.83. The summed E-state index contributed by atoms with van der Waals surface area (Å²) in [4.78, 5) is 0. The molecule has 1 saturated carbocycles. The molecule has 0 spiro atoms. The molecule has 2 nitrogen and oxygen atoms in total. The molecule has 0 radical (unpaired) electrons. The van der Waals surface area contributed by atoms with Gasteiger partial charge in [-0.1, -0.05) is 13.3 Å². The van der Waals surface area contributed by atoms with Gasteiger partial charge in [-0.05, 0) is 25.7 Å². The van der Waals surface area contributed by atoms with E-state index in [2.05, 4.69) is 6.92 Å². The van der Waals surface area contributed by atoms with Gasteiger partial charge in [0.05, 0.1) is 12.2 Å². The molecule has 0 N–H and O–H groups in total. The lowest BCUT2D eigenvalue weighted by Gasteiger charge is -2.18. The van der Waals surface area contributed by atoms with E-state index in [-0.39, 0.29) is 0 Å². The van der Waals surface area contributed by atoms with Crippen LogP contribution in [-0.2, 0) is 9.47 Å². The highest BCUT2D eigenvalue weighted by Crippen LogP contribution is 2.38. The van der Waals surface area contributed by atoms with Gasteiger partial charge in [0, 0.05) is 6.61 Å². The van der Waals surface area contributed by atoms with Gasteiger partial charge in [0.2, 0.25) is 0 Å². The summed E-state index contributed by atoms with van der Waals surface area (Å²) in [5.41, 5.74) is 0. The quantitative estimate of drug-likeness (QED) is 0.476. The second-order valence-electron chi connectivity index (χ2n) is 3.83. The minimum absolute atomic E-state index is 0.426. The number of hydrogen-bond acceptors (Lipinski definition) is 2. The maximum atomic E-state index is 5.75. The van der Waals surface area contributed by atoms with Gasteiger partial charge in [-0.3, -0.25) is 0 Å². The van der Waals surface area contributed by atoms with Crippen LogP contribution < -0.4 is 0 Å². The van der Waals surface area contributed by atoms with Crippen molar-refractivity contribution in [2.45, 2.75) is 57.3 Å². The minimum Gasteiger partial charge on any atom is -0.375 e. The molecule has 0 aromatic heterocycles. The summed E-state index contributed by atoms with van der Waals surface area (Å²) < 4.78 is 11.2. The monoisotopic (exact) mass is 170 g/mol. The van der Waals surface area contributed by atoms with Crippen LogP contribution in [-0.4, -0.2) is 24.9 Å². The minimum atomic E-state index is 0.426. The molecule has 0 amide bonds. The van der Waals surface area contributed by atoms with Crippen molar-refractivity contribution in [1.82, 2.24) is 0 Å². The van der Waals surface area contributed by atoms with E-state index in [0.29, 0.717) is 18.3 Å². The van der Waals surface area contributed by atoms with Crippen LogP contribution in [0.5, 0.6) is 0 Å². The fraction of sp³-hybridized carbons (Fsp3) is 1.00. The van der Waals surface area contributed by atoms with Crippen LogP contribution in [0.15, 0.2) is 0 Å². The third-order valence-electron chi connectivity index (χ3n) is 2.80. The van der Waals surface area contributed by atoms with Crippen molar-refractivity contribution >= 4 is 0 Å². The number of rotatable bonds is 4. The first-order valence-electron chi connectivity index (χ1n) is 5.19. The molecule has 12 heavy (non-hydrogen) atoms. The van der Waals surface area contributed by atoms with Crippen molar-refractivity contribution in [3.8, 4) is 0 Å². The Bertz CT molecular complexity index is 147. The van der Waals surface area contributed by atoms with Gasteiger partial charge in [-0.25, -0.2) is 0 Å². The highest BCUT2D eigenvalue weighted by Gasteiger charge is 2.47. The molecule has 2 rings (SSSR count). The van der Waals surface area contributed by atoms with Crippen LogP contribution >= 0.6 is 0 Å². The SMILES string of the molecule is CCCCOC1CCC[C@H]2O[C@@H]12. The molecule has 70 valence electrons. The standard InChI is InChI=1S/C10H18O2/c1-2-3-7-11-8-5-4-6-9-10(8)12-9/h8-10H,2-7H2,1H3/t8?,9-,10+/m1/s1. The van der Waals surface area contributed by atoms with Crippen molar-refractivity contribution in [3.05, 3.63) is 0 Å². The Balaban J connectivity index is 1.66. The normalized spacial score (nSPS) is 39.2. The average molecular weight is 170 g/mol. The molecule has 3 atom stereocenters. The van der Waals surface area contributed by atoms with Gasteiger partial charge in [-0.15, -0.1) is 0 Å². The fourth-order valence-electron chi connectivity index (χ4n) is 1.96. The number of epoxide rings is 1. The van der Waals surface area contributed by atoms with E-state index in [1.807, 2.05) is 0 Å². The largest absolute Gasteiger partial charge is 0.375 e. The average Bonchev–Trinajstić information content (AvgIpc) is 2.84. The lowest BCUT2D eigenvalue weighted by atomic mass is 9.98. The molecule has 1 heterocycles. The summed E-state index contributed by atoms with van der Waals surface area (Å²) in [6, 6.07) is 0. The van der Waals surface area contributed by atoms with Crippen molar-refractivity contribution in [3.63, 3.8) is 0 Å². The van der Waals surface area contributed by atoms with E-state index >= 15 is 0 Å². The van der Waals surface area contributed by atoms with Gasteiger partial charge in [0.25, 0.3) is 0 Å². The summed E-state index contributed by atoms with van der Waals surface area (Å²) in [7, 11) is 0. The van der Waals surface area contributed by atoms with E-state index in [1.165, 1.54) is 32.1 Å². The number of unbranched alkanes of at least 4 members (excludes halogenated alkanes) is 1. The maximum absolute atomic E-state index is 5.75. The second kappa shape index (κ2) is 3.75. The molecule has 1 saturated heterocycles. The zero-order chi connectivity index (χ0) is 8.39. The van der Waals surface area contributed by atoms with E-state index < -0.39 is 0 Å². The van der Waals surface area contributed by atoms with E-state index in [4.69, 9.17) is 9.47 Å². The molecule has 0 bridgehead atoms. The topological polar surface area (TPSA) is 21.8 Å². The maximum Gasteiger partial charge on any atom is 0.110 e. The van der Waals surface area contributed by atoms with Crippen LogP contribution in [0.4, 0.5) is 0 Å². The van der Waals surface area contributed by atoms with Crippen molar-refractivity contribution < 1.29 is 9.47 Å². The Morgan fingerprint density at radius 3 is 3.17 bits per heavy atom. The molecule has 0 aromatic carbocycles. The van der Waals surface area contributed by atoms with Gasteiger partial charge in [0.1, 0.15) is 6.10 Å². The van der Waals surface area contributed by atoms with Crippen LogP contribution in [0.1, 0.15) is 39.0 Å². The molecule has 0 aromatic rings. The molecule has 2 heteroatoms. The van der Waals surface area contributed by atoms with Crippen LogP contribution in [0.2, 0.25) is 0 Å². The van der Waals surface area contributed by atoms with Gasteiger partial charge in [0.15, 0.2) is 0 Å². The van der Waals surface area contributed by atoms with Crippen LogP contribution in [0.25, 0.3) is 0 Å². The number of fused-ring (bicyclic) bond motifs is 1. The summed E-state index contributed by atoms with van der Waals surface area (Å²) in [5, 5.41) is 0. The van der Waals surface area contributed by atoms with E-state index in [1.54, 1.807) is 0 Å². The van der Waals surface area contributed by atoms with Gasteiger partial charge in [-0.2, -0.15) is 0 Å². The van der Waals surface area contributed by atoms with Crippen LogP contribution in [0.3, 0.4) is 0 Å². The summed E-state index contributed by atoms with van der Waals surface area (Å²) in [6.45, 7) is 3.12. The highest BCUT2D eigenvalue weighted by molar-refractivity contribution is 4.95. The Morgan fingerprint density at radius 1 is 1.42 bits per heavy atom. The lowest BCUT2D eigenvalue weighted by Crippen LogP contribution is -2.25. The third kappa shape index (κ3) is 1.80. The van der Waals surface area contributed by atoms with Crippen molar-refractivity contribution in [1.29, 1.82) is 0 Å². The molecular weight excluding hydrogens is 152 g/mol. The van der Waals surface area contributed by atoms with Gasteiger partial charge < -0.3 is 9.47 Å². The lowest BCUT2D eigenvalue weighted by molar-refractivity contribution is 0.0235. The molecule has 2 aliphatic rings. The fourth-order valence-corrected chi connectivity index (χ4v) is 1.96. The predicted molar refractivity (Wildman–Crippen MR) is 47.2 cm³/mol. The predicted octanol–water partition coefficient (Wildman–Crippen LogP) is 2.12. The first-order valence-corrected chi connectivity index (χ1v) is 5.19. The molecular formula is C10H18O2. The number of ether oxygens (including phenoxy) is 2. The first kappa shape index (κ1) is 8.52. The van der Waals surface area contributed by atoms with Crippen molar-refractivity contribution in [2.24, 2.45) is 0 Å². The van der Waals surface area contributed by atoms with E-state index in [0.717, 1.165) is 6.61 Å². The van der Waals surface area contributed by atoms with Crippen LogP contribution in [0, 0.1) is 0 Å². The highest BCUT2D eigenvalue weighted by atomic mass is 16.6. The first-order chi connectivity index (χ1) is 5.92. The Hall–Kier alpha value is -0.0800. The summed E-state index contributed by atoms with van der Waals surface area (Å²) in [6.07, 6.45) is 7.63. The Morgan fingerprint density at radius 2 is 2.33 bits per heavy atom. The third-order valence-corrected chi connectivity index (χ3v) is 2.80. The zero-order valence-corrected chi connectivity index (χ0v) is 7.79. The summed E-state index contributed by atoms with van der Waals surface area (Å²) >= 11 is 0. The molecule has 1 aliphatic carbocycles. The smallest absolute Gasteiger partial charge is 0.110 e. The molecule has 2 fully saturated rings. The van der Waals surface area contributed by atoms with Gasteiger partial charge >= 0.3 is 0 Å². The Labute approximate surface area is 74.2 Å². The van der Waals surface area contributed by atoms with Crippen molar-refractivity contribution in [2.75, 3.05) is 6.61 Å².